The number of carbonyl (C=O) groups excluding carboxylic acids is 1. The lowest BCUT2D eigenvalue weighted by Gasteiger charge is -2.25. The summed E-state index contributed by atoms with van der Waals surface area (Å²) in [4.78, 5) is 29.3. The van der Waals surface area contributed by atoms with Crippen molar-refractivity contribution in [2.45, 2.75) is 33.4 Å². The van der Waals surface area contributed by atoms with Crippen LogP contribution in [0.2, 0.25) is 0 Å². The lowest BCUT2D eigenvalue weighted by atomic mass is 10.1. The molecule has 116 valence electrons. The Balaban J connectivity index is 2.33. The summed E-state index contributed by atoms with van der Waals surface area (Å²) in [7, 11) is 0. The number of oxazole rings is 1. The molecule has 0 radical (unpaired) electrons. The number of carbonyl (C=O) groups is 2. The van der Waals surface area contributed by atoms with E-state index in [0.717, 1.165) is 5.56 Å². The Hall–Kier alpha value is -2.63. The number of amides is 1. The van der Waals surface area contributed by atoms with Gasteiger partial charge in [-0.05, 0) is 19.4 Å². The van der Waals surface area contributed by atoms with Gasteiger partial charge in [-0.2, -0.15) is 0 Å². The van der Waals surface area contributed by atoms with Crippen molar-refractivity contribution in [3.63, 3.8) is 0 Å². The average molecular weight is 302 g/mol. The second-order valence-electron chi connectivity index (χ2n) is 5.08. The molecule has 0 fully saturated rings. The molecule has 22 heavy (non-hydrogen) atoms. The minimum Gasteiger partial charge on any atom is -0.480 e. The summed E-state index contributed by atoms with van der Waals surface area (Å²) in [6.07, 6.45) is 0. The Morgan fingerprint density at radius 3 is 2.41 bits per heavy atom. The monoisotopic (exact) mass is 302 g/mol. The molecule has 0 saturated heterocycles. The molecule has 0 saturated carbocycles. The van der Waals surface area contributed by atoms with Crippen molar-refractivity contribution in [3.8, 4) is 0 Å². The first kappa shape index (κ1) is 15.8. The Morgan fingerprint density at radius 2 is 1.91 bits per heavy atom. The van der Waals surface area contributed by atoms with Gasteiger partial charge in [0.1, 0.15) is 6.04 Å². The van der Waals surface area contributed by atoms with E-state index in [2.05, 4.69) is 4.98 Å². The molecule has 0 spiro atoms. The van der Waals surface area contributed by atoms with Crippen molar-refractivity contribution in [2.24, 2.45) is 0 Å². The molecule has 1 atom stereocenters. The number of hydrogen-bond donors (Lipinski definition) is 1. The van der Waals surface area contributed by atoms with E-state index in [1.807, 2.05) is 30.3 Å². The highest BCUT2D eigenvalue weighted by Gasteiger charge is 2.30. The van der Waals surface area contributed by atoms with Gasteiger partial charge < -0.3 is 14.4 Å². The van der Waals surface area contributed by atoms with Crippen LogP contribution in [0.3, 0.4) is 0 Å². The number of carboxylic acids is 1. The van der Waals surface area contributed by atoms with Crippen LogP contribution in [-0.4, -0.2) is 32.9 Å². The van der Waals surface area contributed by atoms with Crippen molar-refractivity contribution < 1.29 is 19.1 Å². The van der Waals surface area contributed by atoms with Crippen LogP contribution in [0.15, 0.2) is 34.7 Å². The van der Waals surface area contributed by atoms with Gasteiger partial charge in [-0.15, -0.1) is 0 Å². The Bertz CT molecular complexity index is 679. The third-order valence-electron chi connectivity index (χ3n) is 3.38. The van der Waals surface area contributed by atoms with E-state index >= 15 is 0 Å². The number of aromatic nitrogens is 1. The second-order valence-corrected chi connectivity index (χ2v) is 5.08. The predicted molar refractivity (Wildman–Crippen MR) is 79.4 cm³/mol. The molecule has 1 unspecified atom stereocenters. The van der Waals surface area contributed by atoms with Crippen LogP contribution in [0.25, 0.3) is 0 Å². The van der Waals surface area contributed by atoms with Gasteiger partial charge in [-0.25, -0.2) is 9.78 Å². The molecule has 6 nitrogen and oxygen atoms in total. The molecular formula is C16H18N2O4. The van der Waals surface area contributed by atoms with E-state index in [0.29, 0.717) is 11.6 Å². The van der Waals surface area contributed by atoms with Crippen LogP contribution in [0, 0.1) is 13.8 Å². The van der Waals surface area contributed by atoms with E-state index in [4.69, 9.17) is 4.42 Å². The standard InChI is InChI=1S/C16H18N2O4/c1-10-14(22-12(3)17-10)15(19)18(11(2)16(20)21)9-13-7-5-4-6-8-13/h4-8,11H,9H2,1-3H3,(H,20,21). The highest BCUT2D eigenvalue weighted by molar-refractivity contribution is 5.95. The maximum atomic E-state index is 12.7. The molecule has 1 N–H and O–H groups in total. The molecule has 1 amide bonds. The van der Waals surface area contributed by atoms with Gasteiger partial charge in [-0.3, -0.25) is 4.79 Å². The zero-order valence-electron chi connectivity index (χ0n) is 12.7. The number of rotatable bonds is 5. The molecule has 6 heteroatoms. The fraction of sp³-hybridized carbons (Fsp3) is 0.312. The molecule has 2 aromatic rings. The summed E-state index contributed by atoms with van der Waals surface area (Å²) in [6, 6.07) is 8.25. The molecule has 0 bridgehead atoms. The van der Waals surface area contributed by atoms with E-state index in [9.17, 15) is 14.7 Å². The molecule has 2 rings (SSSR count). The maximum absolute atomic E-state index is 12.7. The number of benzene rings is 1. The quantitative estimate of drug-likeness (QED) is 0.917. The summed E-state index contributed by atoms with van der Waals surface area (Å²) < 4.78 is 5.33. The molecule has 1 aromatic heterocycles. The van der Waals surface area contributed by atoms with E-state index in [1.54, 1.807) is 13.8 Å². The summed E-state index contributed by atoms with van der Waals surface area (Å²) in [5.41, 5.74) is 1.30. The van der Waals surface area contributed by atoms with Gasteiger partial charge in [0.25, 0.3) is 5.91 Å². The van der Waals surface area contributed by atoms with Crippen LogP contribution < -0.4 is 0 Å². The van der Waals surface area contributed by atoms with Gasteiger partial charge in [0.05, 0.1) is 5.69 Å². The zero-order chi connectivity index (χ0) is 16.3. The molecule has 1 heterocycles. The number of aryl methyl sites for hydroxylation is 2. The maximum Gasteiger partial charge on any atom is 0.326 e. The predicted octanol–water partition coefficient (Wildman–Crippen LogP) is 2.41. The molecule has 0 aliphatic heterocycles. The highest BCUT2D eigenvalue weighted by Crippen LogP contribution is 2.17. The van der Waals surface area contributed by atoms with Gasteiger partial charge in [-0.1, -0.05) is 30.3 Å². The number of carboxylic acid groups (broad SMARTS) is 1. The first-order chi connectivity index (χ1) is 10.4. The summed E-state index contributed by atoms with van der Waals surface area (Å²) >= 11 is 0. The van der Waals surface area contributed by atoms with Crippen LogP contribution in [0.4, 0.5) is 0 Å². The van der Waals surface area contributed by atoms with Gasteiger partial charge in [0, 0.05) is 13.5 Å². The largest absolute Gasteiger partial charge is 0.480 e. The number of nitrogens with zero attached hydrogens (tertiary/aromatic N) is 2. The zero-order valence-corrected chi connectivity index (χ0v) is 12.7. The Morgan fingerprint density at radius 1 is 1.27 bits per heavy atom. The number of hydrogen-bond acceptors (Lipinski definition) is 4. The van der Waals surface area contributed by atoms with Crippen LogP contribution in [0.1, 0.15) is 34.6 Å². The Kier molecular flexibility index (Phi) is 4.60. The summed E-state index contributed by atoms with van der Waals surface area (Å²) in [6.45, 7) is 4.97. The van der Waals surface area contributed by atoms with Crippen molar-refractivity contribution in [1.29, 1.82) is 0 Å². The fourth-order valence-electron chi connectivity index (χ4n) is 2.16. The third-order valence-corrected chi connectivity index (χ3v) is 3.38. The normalized spacial score (nSPS) is 12.0. The van der Waals surface area contributed by atoms with Crippen LogP contribution >= 0.6 is 0 Å². The van der Waals surface area contributed by atoms with Crippen molar-refractivity contribution in [1.82, 2.24) is 9.88 Å². The molecule has 0 aliphatic rings. The first-order valence-electron chi connectivity index (χ1n) is 6.92. The lowest BCUT2D eigenvalue weighted by molar-refractivity contribution is -0.141. The van der Waals surface area contributed by atoms with E-state index in [-0.39, 0.29) is 12.3 Å². The minimum absolute atomic E-state index is 0.0848. The first-order valence-corrected chi connectivity index (χ1v) is 6.92. The van der Waals surface area contributed by atoms with Gasteiger partial charge in [0.15, 0.2) is 5.89 Å². The van der Waals surface area contributed by atoms with Crippen molar-refractivity contribution in [3.05, 3.63) is 53.2 Å². The SMILES string of the molecule is Cc1nc(C)c(C(=O)N(Cc2ccccc2)C(C)C(=O)O)o1. The Labute approximate surface area is 128 Å². The highest BCUT2D eigenvalue weighted by atomic mass is 16.4. The third kappa shape index (κ3) is 3.33. The van der Waals surface area contributed by atoms with Crippen molar-refractivity contribution >= 4 is 11.9 Å². The van der Waals surface area contributed by atoms with Gasteiger partial charge in [0.2, 0.25) is 5.76 Å². The number of aliphatic carboxylic acids is 1. The smallest absolute Gasteiger partial charge is 0.326 e. The average Bonchev–Trinajstić information content (AvgIpc) is 2.83. The minimum atomic E-state index is -1.07. The van der Waals surface area contributed by atoms with Crippen molar-refractivity contribution in [2.75, 3.05) is 0 Å². The molecule has 0 aliphatic carbocycles. The topological polar surface area (TPSA) is 83.6 Å². The molecular weight excluding hydrogens is 284 g/mol. The molecule has 1 aromatic carbocycles. The fourth-order valence-corrected chi connectivity index (χ4v) is 2.16. The van der Waals surface area contributed by atoms with Crippen LogP contribution in [-0.2, 0) is 11.3 Å². The summed E-state index contributed by atoms with van der Waals surface area (Å²) in [5, 5.41) is 9.26. The van der Waals surface area contributed by atoms with Gasteiger partial charge >= 0.3 is 5.97 Å². The lowest BCUT2D eigenvalue weighted by Crippen LogP contribution is -2.42. The van der Waals surface area contributed by atoms with E-state index in [1.165, 1.54) is 11.8 Å². The second kappa shape index (κ2) is 6.43. The van der Waals surface area contributed by atoms with E-state index < -0.39 is 17.9 Å². The summed E-state index contributed by atoms with van der Waals surface area (Å²) in [5.74, 6) is -1.08. The van der Waals surface area contributed by atoms with Crippen LogP contribution in [0.5, 0.6) is 0 Å².